The molecule has 1 saturated carbocycles. The molecule has 0 bridgehead atoms. The average molecular weight is 346 g/mol. The molecule has 0 radical (unpaired) electrons. The zero-order valence-electron chi connectivity index (χ0n) is 13.1. The highest BCUT2D eigenvalue weighted by Gasteiger charge is 2.29. The molecular formula is C16H21F3N2O3. The molecule has 5 nitrogen and oxygen atoms in total. The first kappa shape index (κ1) is 18.4. The molecule has 2 atom stereocenters. The van der Waals surface area contributed by atoms with Gasteiger partial charge in [-0.15, -0.1) is 0 Å². The number of alkyl halides is 3. The molecule has 1 aliphatic carbocycles. The molecule has 0 aromatic heterocycles. The Morgan fingerprint density at radius 1 is 1.21 bits per heavy atom. The molecule has 1 amide bonds. The number of carbonyl (C=O) groups excluding carboxylic acids is 1. The minimum Gasteiger partial charge on any atom is -0.480 e. The van der Waals surface area contributed by atoms with Crippen molar-refractivity contribution in [3.05, 3.63) is 24.3 Å². The summed E-state index contributed by atoms with van der Waals surface area (Å²) in [6, 6.07) is 5.97. The van der Waals surface area contributed by atoms with Crippen LogP contribution in [-0.4, -0.2) is 37.9 Å². The van der Waals surface area contributed by atoms with Crippen LogP contribution in [0.5, 0.6) is 11.5 Å². The van der Waals surface area contributed by atoms with E-state index in [1.807, 2.05) is 0 Å². The third-order valence-electron chi connectivity index (χ3n) is 3.91. The van der Waals surface area contributed by atoms with Crippen molar-refractivity contribution in [2.75, 3.05) is 19.8 Å². The van der Waals surface area contributed by atoms with E-state index >= 15 is 0 Å². The molecule has 0 spiro atoms. The van der Waals surface area contributed by atoms with Gasteiger partial charge in [0.1, 0.15) is 0 Å². The largest absolute Gasteiger partial charge is 0.480 e. The normalized spacial score (nSPS) is 20.7. The Morgan fingerprint density at radius 2 is 1.88 bits per heavy atom. The van der Waals surface area contributed by atoms with E-state index in [4.69, 9.17) is 15.2 Å². The number of ether oxygens (including phenoxy) is 2. The second kappa shape index (κ2) is 8.23. The minimum atomic E-state index is -4.44. The van der Waals surface area contributed by atoms with Crippen LogP contribution in [0.3, 0.4) is 0 Å². The van der Waals surface area contributed by atoms with Gasteiger partial charge in [0.25, 0.3) is 5.91 Å². The lowest BCUT2D eigenvalue weighted by Gasteiger charge is -2.20. The van der Waals surface area contributed by atoms with E-state index in [2.05, 4.69) is 5.32 Å². The summed E-state index contributed by atoms with van der Waals surface area (Å²) in [6.45, 7) is -1.19. The number of amides is 1. The number of rotatable bonds is 7. The van der Waals surface area contributed by atoms with E-state index in [1.165, 1.54) is 18.2 Å². The first-order valence-electron chi connectivity index (χ1n) is 7.80. The summed E-state index contributed by atoms with van der Waals surface area (Å²) < 4.78 is 46.7. The maximum absolute atomic E-state index is 12.2. The summed E-state index contributed by atoms with van der Waals surface area (Å²) in [7, 11) is 0. The summed E-state index contributed by atoms with van der Waals surface area (Å²) in [6.07, 6.45) is -1.57. The summed E-state index contributed by atoms with van der Waals surface area (Å²) in [5.41, 5.74) is 5.66. The summed E-state index contributed by atoms with van der Waals surface area (Å²) in [4.78, 5) is 12.0. The topological polar surface area (TPSA) is 73.6 Å². The van der Waals surface area contributed by atoms with Crippen LogP contribution in [0.15, 0.2) is 24.3 Å². The second-order valence-corrected chi connectivity index (χ2v) is 5.74. The number of benzene rings is 1. The van der Waals surface area contributed by atoms with Gasteiger partial charge in [0.2, 0.25) is 0 Å². The Morgan fingerprint density at radius 3 is 2.50 bits per heavy atom. The van der Waals surface area contributed by atoms with Gasteiger partial charge < -0.3 is 20.5 Å². The molecule has 1 fully saturated rings. The highest BCUT2D eigenvalue weighted by Crippen LogP contribution is 2.28. The van der Waals surface area contributed by atoms with Crippen LogP contribution in [0.1, 0.15) is 19.3 Å². The highest BCUT2D eigenvalue weighted by molar-refractivity contribution is 5.78. The van der Waals surface area contributed by atoms with Crippen molar-refractivity contribution in [3.8, 4) is 11.5 Å². The molecule has 8 heteroatoms. The number of hydrogen-bond donors (Lipinski definition) is 2. The predicted octanol–water partition coefficient (Wildman–Crippen LogP) is 2.25. The smallest absolute Gasteiger partial charge is 0.422 e. The zero-order valence-corrected chi connectivity index (χ0v) is 13.1. The lowest BCUT2D eigenvalue weighted by atomic mass is 10.0. The molecule has 24 heavy (non-hydrogen) atoms. The fourth-order valence-electron chi connectivity index (χ4n) is 2.75. The van der Waals surface area contributed by atoms with Gasteiger partial charge in [-0.2, -0.15) is 13.2 Å². The first-order valence-corrected chi connectivity index (χ1v) is 7.80. The summed E-state index contributed by atoms with van der Waals surface area (Å²) in [5.74, 6) is -0.0237. The standard InChI is InChI=1S/C16H21F3N2O3/c17-16(18,19)10-24-14-7-2-1-6-13(14)23-9-15(22)21-12-5-3-4-11(12)8-20/h1-2,6-7,11-12H,3-5,8-10,20H2,(H,21,22). The first-order chi connectivity index (χ1) is 11.4. The summed E-state index contributed by atoms with van der Waals surface area (Å²) >= 11 is 0. The van der Waals surface area contributed by atoms with Crippen molar-refractivity contribution in [1.82, 2.24) is 5.32 Å². The van der Waals surface area contributed by atoms with E-state index < -0.39 is 12.8 Å². The monoisotopic (exact) mass is 346 g/mol. The van der Waals surface area contributed by atoms with Crippen molar-refractivity contribution in [1.29, 1.82) is 0 Å². The van der Waals surface area contributed by atoms with Crippen molar-refractivity contribution in [3.63, 3.8) is 0 Å². The number of hydrogen-bond acceptors (Lipinski definition) is 4. The quantitative estimate of drug-likeness (QED) is 0.794. The maximum Gasteiger partial charge on any atom is 0.422 e. The molecule has 3 N–H and O–H groups in total. The lowest BCUT2D eigenvalue weighted by Crippen LogP contribution is -2.42. The molecule has 1 aromatic carbocycles. The molecule has 0 aliphatic heterocycles. The highest BCUT2D eigenvalue weighted by atomic mass is 19.4. The summed E-state index contributed by atoms with van der Waals surface area (Å²) in [5, 5.41) is 2.86. The van der Waals surface area contributed by atoms with Gasteiger partial charge in [-0.25, -0.2) is 0 Å². The fraction of sp³-hybridized carbons (Fsp3) is 0.562. The Kier molecular flexibility index (Phi) is 6.30. The average Bonchev–Trinajstić information content (AvgIpc) is 2.98. The van der Waals surface area contributed by atoms with E-state index in [-0.39, 0.29) is 36.0 Å². The number of carbonyl (C=O) groups is 1. The molecule has 134 valence electrons. The van der Waals surface area contributed by atoms with Crippen molar-refractivity contribution in [2.24, 2.45) is 11.7 Å². The Balaban J connectivity index is 1.86. The zero-order chi connectivity index (χ0) is 17.6. The molecule has 2 unspecified atom stereocenters. The van der Waals surface area contributed by atoms with Crippen LogP contribution in [-0.2, 0) is 4.79 Å². The van der Waals surface area contributed by atoms with Gasteiger partial charge >= 0.3 is 6.18 Å². The van der Waals surface area contributed by atoms with Gasteiger partial charge in [-0.05, 0) is 37.4 Å². The van der Waals surface area contributed by atoms with E-state index in [9.17, 15) is 18.0 Å². The van der Waals surface area contributed by atoms with Crippen molar-refractivity contribution in [2.45, 2.75) is 31.5 Å². The molecule has 0 saturated heterocycles. The van der Waals surface area contributed by atoms with Gasteiger partial charge in [-0.3, -0.25) is 4.79 Å². The van der Waals surface area contributed by atoms with E-state index in [0.717, 1.165) is 19.3 Å². The second-order valence-electron chi connectivity index (χ2n) is 5.74. The Hall–Kier alpha value is -1.96. The van der Waals surface area contributed by atoms with Crippen LogP contribution < -0.4 is 20.5 Å². The minimum absolute atomic E-state index is 0.0304. The van der Waals surface area contributed by atoms with Crippen LogP contribution in [0.25, 0.3) is 0 Å². The number of halogens is 3. The van der Waals surface area contributed by atoms with E-state index in [0.29, 0.717) is 6.54 Å². The molecule has 0 heterocycles. The SMILES string of the molecule is NCC1CCCC1NC(=O)COc1ccccc1OCC(F)(F)F. The lowest BCUT2D eigenvalue weighted by molar-refractivity contribution is -0.153. The molecule has 1 aromatic rings. The van der Waals surface area contributed by atoms with Crippen LogP contribution in [0, 0.1) is 5.92 Å². The van der Waals surface area contributed by atoms with Gasteiger partial charge in [0, 0.05) is 6.04 Å². The van der Waals surface area contributed by atoms with Crippen LogP contribution in [0.2, 0.25) is 0 Å². The maximum atomic E-state index is 12.2. The molecular weight excluding hydrogens is 325 g/mol. The van der Waals surface area contributed by atoms with Crippen LogP contribution >= 0.6 is 0 Å². The third-order valence-corrected chi connectivity index (χ3v) is 3.91. The Labute approximate surface area is 138 Å². The molecule has 2 rings (SSSR count). The number of nitrogens with two attached hydrogens (primary N) is 1. The van der Waals surface area contributed by atoms with Gasteiger partial charge in [0.05, 0.1) is 0 Å². The Bertz CT molecular complexity index is 552. The number of nitrogens with one attached hydrogen (secondary N) is 1. The fourth-order valence-corrected chi connectivity index (χ4v) is 2.75. The third kappa shape index (κ3) is 5.59. The van der Waals surface area contributed by atoms with E-state index in [1.54, 1.807) is 6.07 Å². The van der Waals surface area contributed by atoms with Gasteiger partial charge in [0.15, 0.2) is 24.7 Å². The molecule has 1 aliphatic rings. The van der Waals surface area contributed by atoms with Crippen LogP contribution in [0.4, 0.5) is 13.2 Å². The van der Waals surface area contributed by atoms with Crippen molar-refractivity contribution < 1.29 is 27.4 Å². The van der Waals surface area contributed by atoms with Crippen molar-refractivity contribution >= 4 is 5.91 Å². The van der Waals surface area contributed by atoms with Gasteiger partial charge in [-0.1, -0.05) is 18.6 Å². The predicted molar refractivity (Wildman–Crippen MR) is 81.8 cm³/mol. The number of para-hydroxylation sites is 2.